The maximum absolute atomic E-state index is 13.4. The van der Waals surface area contributed by atoms with Crippen LogP contribution < -0.4 is 0 Å². The fraction of sp³-hybridized carbons (Fsp3) is 0. The zero-order valence-electron chi connectivity index (χ0n) is 7.98. The van der Waals surface area contributed by atoms with Gasteiger partial charge in [0.25, 0.3) is 0 Å². The molecule has 0 radical (unpaired) electrons. The van der Waals surface area contributed by atoms with Crippen LogP contribution in [0.15, 0.2) is 36.4 Å². The Bertz CT molecular complexity index is 538. The summed E-state index contributed by atoms with van der Waals surface area (Å²) in [6, 6.07) is 9.83. The molecular weight excluding hydrogens is 269 g/mol. The molecule has 0 spiro atoms. The summed E-state index contributed by atoms with van der Waals surface area (Å²) in [4.78, 5) is 0. The quantitative estimate of drug-likeness (QED) is 0.607. The first-order valence-corrected chi connectivity index (χ1v) is 5.62. The van der Waals surface area contributed by atoms with Crippen molar-refractivity contribution in [3.8, 4) is 11.1 Å². The summed E-state index contributed by atoms with van der Waals surface area (Å²) in [6.07, 6.45) is 0. The highest BCUT2D eigenvalue weighted by atomic mass is 35.5. The standard InChI is InChI=1S/C12H6Cl3F/c13-7-5-9(12(15)11(16)6-7)8-3-1-2-4-10(8)14/h1-6H. The molecule has 82 valence electrons. The molecule has 0 fully saturated rings. The lowest BCUT2D eigenvalue weighted by Gasteiger charge is -2.08. The summed E-state index contributed by atoms with van der Waals surface area (Å²) < 4.78 is 13.4. The number of benzene rings is 2. The van der Waals surface area contributed by atoms with Gasteiger partial charge in [-0.15, -0.1) is 0 Å². The molecule has 0 aliphatic rings. The first kappa shape index (κ1) is 11.7. The van der Waals surface area contributed by atoms with Gasteiger partial charge in [0.2, 0.25) is 0 Å². The van der Waals surface area contributed by atoms with E-state index in [1.54, 1.807) is 30.3 Å². The lowest BCUT2D eigenvalue weighted by atomic mass is 10.1. The van der Waals surface area contributed by atoms with Crippen molar-refractivity contribution in [3.05, 3.63) is 57.3 Å². The Morgan fingerprint density at radius 3 is 2.25 bits per heavy atom. The van der Waals surface area contributed by atoms with Crippen molar-refractivity contribution in [3.63, 3.8) is 0 Å². The van der Waals surface area contributed by atoms with E-state index in [4.69, 9.17) is 34.8 Å². The van der Waals surface area contributed by atoms with Crippen LogP contribution in [0.5, 0.6) is 0 Å². The topological polar surface area (TPSA) is 0 Å². The second kappa shape index (κ2) is 4.62. The van der Waals surface area contributed by atoms with E-state index in [2.05, 4.69) is 0 Å². The second-order valence-corrected chi connectivity index (χ2v) is 4.45. The normalized spacial score (nSPS) is 10.5. The molecule has 0 bridgehead atoms. The Morgan fingerprint density at radius 1 is 0.875 bits per heavy atom. The van der Waals surface area contributed by atoms with E-state index in [0.717, 1.165) is 0 Å². The minimum atomic E-state index is -0.552. The van der Waals surface area contributed by atoms with Gasteiger partial charge in [0.1, 0.15) is 5.82 Å². The minimum Gasteiger partial charge on any atom is -0.205 e. The predicted molar refractivity (Wildman–Crippen MR) is 66.9 cm³/mol. The molecule has 2 aromatic rings. The van der Waals surface area contributed by atoms with Gasteiger partial charge in [-0.1, -0.05) is 53.0 Å². The molecule has 0 nitrogen and oxygen atoms in total. The van der Waals surface area contributed by atoms with E-state index in [-0.39, 0.29) is 10.0 Å². The number of hydrogen-bond donors (Lipinski definition) is 0. The van der Waals surface area contributed by atoms with Crippen LogP contribution in [0.25, 0.3) is 11.1 Å². The summed E-state index contributed by atoms with van der Waals surface area (Å²) in [7, 11) is 0. The van der Waals surface area contributed by atoms with Crippen molar-refractivity contribution < 1.29 is 4.39 Å². The van der Waals surface area contributed by atoms with Crippen molar-refractivity contribution >= 4 is 34.8 Å². The molecule has 0 heterocycles. The minimum absolute atomic E-state index is 0.0255. The van der Waals surface area contributed by atoms with Gasteiger partial charge in [-0.3, -0.25) is 0 Å². The van der Waals surface area contributed by atoms with Crippen LogP contribution in [0.2, 0.25) is 15.1 Å². The average Bonchev–Trinajstić information content (AvgIpc) is 2.24. The highest BCUT2D eigenvalue weighted by Crippen LogP contribution is 2.36. The van der Waals surface area contributed by atoms with Gasteiger partial charge >= 0.3 is 0 Å². The van der Waals surface area contributed by atoms with Crippen molar-refractivity contribution in [2.45, 2.75) is 0 Å². The van der Waals surface area contributed by atoms with Crippen molar-refractivity contribution in [1.29, 1.82) is 0 Å². The summed E-state index contributed by atoms with van der Waals surface area (Å²) in [6.45, 7) is 0. The van der Waals surface area contributed by atoms with Gasteiger partial charge in [0, 0.05) is 21.2 Å². The largest absolute Gasteiger partial charge is 0.205 e. The van der Waals surface area contributed by atoms with Crippen LogP contribution >= 0.6 is 34.8 Å². The highest BCUT2D eigenvalue weighted by molar-refractivity contribution is 6.37. The smallest absolute Gasteiger partial charge is 0.143 e. The number of halogens is 4. The predicted octanol–water partition coefficient (Wildman–Crippen LogP) is 5.45. The third-order valence-electron chi connectivity index (χ3n) is 2.16. The zero-order valence-corrected chi connectivity index (χ0v) is 10.2. The first-order valence-electron chi connectivity index (χ1n) is 4.49. The third kappa shape index (κ3) is 2.17. The molecule has 2 aromatic carbocycles. The van der Waals surface area contributed by atoms with Crippen LogP contribution in [0.4, 0.5) is 4.39 Å². The molecule has 0 aliphatic carbocycles. The van der Waals surface area contributed by atoms with Crippen LogP contribution in [0.1, 0.15) is 0 Å². The van der Waals surface area contributed by atoms with Crippen molar-refractivity contribution in [2.75, 3.05) is 0 Å². The van der Waals surface area contributed by atoms with Gasteiger partial charge in [0.15, 0.2) is 0 Å². The molecule has 0 aliphatic heterocycles. The van der Waals surface area contributed by atoms with E-state index >= 15 is 0 Å². The summed E-state index contributed by atoms with van der Waals surface area (Å²) in [5.41, 5.74) is 1.16. The average molecular weight is 276 g/mol. The molecule has 2 rings (SSSR count). The highest BCUT2D eigenvalue weighted by Gasteiger charge is 2.12. The Hall–Kier alpha value is -0.760. The maximum Gasteiger partial charge on any atom is 0.143 e. The SMILES string of the molecule is Fc1cc(Cl)cc(-c2ccccc2Cl)c1Cl. The first-order chi connectivity index (χ1) is 7.59. The molecule has 0 saturated carbocycles. The Kier molecular flexibility index (Phi) is 3.38. The molecule has 0 saturated heterocycles. The summed E-state index contributed by atoms with van der Waals surface area (Å²) in [5, 5.41) is 0.820. The molecule has 0 N–H and O–H groups in total. The second-order valence-electron chi connectivity index (χ2n) is 3.23. The fourth-order valence-electron chi connectivity index (χ4n) is 1.43. The Balaban J connectivity index is 2.69. The lowest BCUT2D eigenvalue weighted by molar-refractivity contribution is 0.629. The van der Waals surface area contributed by atoms with Gasteiger partial charge in [-0.05, 0) is 18.2 Å². The van der Waals surface area contributed by atoms with E-state index in [0.29, 0.717) is 16.1 Å². The summed E-state index contributed by atoms with van der Waals surface area (Å²) in [5.74, 6) is -0.552. The third-order valence-corrected chi connectivity index (χ3v) is 3.09. The van der Waals surface area contributed by atoms with Crippen LogP contribution in [-0.4, -0.2) is 0 Å². The maximum atomic E-state index is 13.4. The summed E-state index contributed by atoms with van der Waals surface area (Å²) >= 11 is 17.7. The zero-order chi connectivity index (χ0) is 11.7. The monoisotopic (exact) mass is 274 g/mol. The number of hydrogen-bond acceptors (Lipinski definition) is 0. The van der Waals surface area contributed by atoms with Crippen LogP contribution in [0.3, 0.4) is 0 Å². The van der Waals surface area contributed by atoms with Gasteiger partial charge in [-0.2, -0.15) is 0 Å². The molecule has 0 amide bonds. The molecule has 0 aromatic heterocycles. The molecule has 16 heavy (non-hydrogen) atoms. The van der Waals surface area contributed by atoms with E-state index in [1.807, 2.05) is 0 Å². The molecule has 0 unspecified atom stereocenters. The number of rotatable bonds is 1. The Morgan fingerprint density at radius 2 is 1.56 bits per heavy atom. The van der Waals surface area contributed by atoms with Crippen molar-refractivity contribution in [2.24, 2.45) is 0 Å². The van der Waals surface area contributed by atoms with E-state index < -0.39 is 5.82 Å². The van der Waals surface area contributed by atoms with Crippen LogP contribution in [-0.2, 0) is 0 Å². The van der Waals surface area contributed by atoms with Gasteiger partial charge < -0.3 is 0 Å². The van der Waals surface area contributed by atoms with Gasteiger partial charge in [-0.25, -0.2) is 4.39 Å². The molecule has 4 heteroatoms. The van der Waals surface area contributed by atoms with E-state index in [1.165, 1.54) is 6.07 Å². The lowest BCUT2D eigenvalue weighted by Crippen LogP contribution is -1.85. The molecular formula is C12H6Cl3F. The fourth-order valence-corrected chi connectivity index (χ4v) is 2.08. The van der Waals surface area contributed by atoms with Crippen molar-refractivity contribution in [1.82, 2.24) is 0 Å². The van der Waals surface area contributed by atoms with Gasteiger partial charge in [0.05, 0.1) is 5.02 Å². The van der Waals surface area contributed by atoms with Crippen LogP contribution in [0, 0.1) is 5.82 Å². The van der Waals surface area contributed by atoms with E-state index in [9.17, 15) is 4.39 Å². The molecule has 0 atom stereocenters. The Labute approximate surface area is 108 Å².